The van der Waals surface area contributed by atoms with Crippen molar-refractivity contribution < 1.29 is 19.4 Å². The van der Waals surface area contributed by atoms with E-state index in [4.69, 9.17) is 4.74 Å². The first-order chi connectivity index (χ1) is 13.0. The maximum atomic E-state index is 12.4. The summed E-state index contributed by atoms with van der Waals surface area (Å²) in [5.41, 5.74) is 2.76. The van der Waals surface area contributed by atoms with Crippen LogP contribution in [0.1, 0.15) is 23.4 Å². The maximum Gasteiger partial charge on any atom is 0.233 e. The average Bonchev–Trinajstić information content (AvgIpc) is 3.02. The number of amides is 2. The van der Waals surface area contributed by atoms with Crippen LogP contribution in [0.25, 0.3) is 0 Å². The number of aromatic hydroxyl groups is 1. The molecule has 0 radical (unpaired) electrons. The van der Waals surface area contributed by atoms with Gasteiger partial charge in [-0.3, -0.25) is 9.59 Å². The molecule has 2 aromatic carbocycles. The lowest BCUT2D eigenvalue weighted by atomic mass is 10.1. The molecule has 1 aliphatic rings. The predicted octanol–water partition coefficient (Wildman–Crippen LogP) is 3.18. The van der Waals surface area contributed by atoms with Gasteiger partial charge in [0.1, 0.15) is 5.37 Å². The molecular formula is C20H22N2O4S. The number of rotatable bonds is 6. The van der Waals surface area contributed by atoms with Gasteiger partial charge in [0.05, 0.1) is 12.9 Å². The van der Waals surface area contributed by atoms with Crippen molar-refractivity contribution in [1.29, 1.82) is 0 Å². The van der Waals surface area contributed by atoms with Gasteiger partial charge >= 0.3 is 0 Å². The molecule has 2 amide bonds. The zero-order valence-corrected chi connectivity index (χ0v) is 16.1. The summed E-state index contributed by atoms with van der Waals surface area (Å²) >= 11 is 1.60. The summed E-state index contributed by atoms with van der Waals surface area (Å²) in [4.78, 5) is 25.4. The van der Waals surface area contributed by atoms with Crippen LogP contribution in [0, 0.1) is 0 Å². The number of anilines is 1. The highest BCUT2D eigenvalue weighted by Crippen LogP contribution is 2.39. The normalized spacial score (nSPS) is 16.4. The highest BCUT2D eigenvalue weighted by Gasteiger charge is 2.32. The predicted molar refractivity (Wildman–Crippen MR) is 106 cm³/mol. The first-order valence-corrected chi connectivity index (χ1v) is 9.67. The number of carbonyl (C=O) groups excluding carboxylic acids is 2. The van der Waals surface area contributed by atoms with Crippen molar-refractivity contribution in [1.82, 2.24) is 4.90 Å². The molecule has 3 rings (SSSR count). The lowest BCUT2D eigenvalue weighted by Gasteiger charge is -2.24. The molecule has 7 heteroatoms. The highest BCUT2D eigenvalue weighted by atomic mass is 32.2. The Labute approximate surface area is 162 Å². The first kappa shape index (κ1) is 19.1. The molecule has 0 saturated carbocycles. The number of hydrogen-bond acceptors (Lipinski definition) is 5. The highest BCUT2D eigenvalue weighted by molar-refractivity contribution is 8.00. The Kier molecular flexibility index (Phi) is 5.91. The van der Waals surface area contributed by atoms with Crippen LogP contribution in [-0.4, -0.2) is 41.2 Å². The number of phenolic OH excluding ortho intramolecular Hbond substituents is 1. The van der Waals surface area contributed by atoms with Gasteiger partial charge in [-0.1, -0.05) is 18.2 Å². The summed E-state index contributed by atoms with van der Waals surface area (Å²) in [7, 11) is 1.51. The van der Waals surface area contributed by atoms with Gasteiger partial charge in [0.25, 0.3) is 0 Å². The monoisotopic (exact) mass is 386 g/mol. The number of ether oxygens (including phenoxy) is 1. The largest absolute Gasteiger partial charge is 0.504 e. The minimum atomic E-state index is -0.112. The number of nitrogens with one attached hydrogen (secondary N) is 1. The SMILES string of the molecule is COc1cc(CCN2C(=O)CSC2c2ccc(NC(C)=O)cc2)ccc1O. The third kappa shape index (κ3) is 4.54. The molecule has 1 fully saturated rings. The van der Waals surface area contributed by atoms with Crippen LogP contribution in [0.2, 0.25) is 0 Å². The first-order valence-electron chi connectivity index (χ1n) is 8.62. The van der Waals surface area contributed by atoms with Gasteiger partial charge < -0.3 is 20.1 Å². The molecule has 1 saturated heterocycles. The lowest BCUT2D eigenvalue weighted by Crippen LogP contribution is -2.30. The Balaban J connectivity index is 1.70. The number of nitrogens with zero attached hydrogens (tertiary/aromatic N) is 1. The minimum Gasteiger partial charge on any atom is -0.504 e. The van der Waals surface area contributed by atoms with E-state index in [-0.39, 0.29) is 22.9 Å². The number of hydrogen-bond donors (Lipinski definition) is 2. The van der Waals surface area contributed by atoms with E-state index in [1.807, 2.05) is 35.2 Å². The number of methoxy groups -OCH3 is 1. The summed E-state index contributed by atoms with van der Waals surface area (Å²) in [6.45, 7) is 2.05. The van der Waals surface area contributed by atoms with Crippen LogP contribution in [0.15, 0.2) is 42.5 Å². The van der Waals surface area contributed by atoms with Crippen LogP contribution < -0.4 is 10.1 Å². The van der Waals surface area contributed by atoms with E-state index < -0.39 is 0 Å². The Morgan fingerprint density at radius 3 is 2.70 bits per heavy atom. The summed E-state index contributed by atoms with van der Waals surface area (Å²) in [5.74, 6) is 0.989. The Morgan fingerprint density at radius 2 is 2.04 bits per heavy atom. The standard InChI is InChI=1S/C20H22N2O4S/c1-13(23)21-16-6-4-15(5-7-16)20-22(19(25)12-27-20)10-9-14-3-8-17(24)18(11-14)26-2/h3-8,11,20,24H,9-10,12H2,1-2H3,(H,21,23). The quantitative estimate of drug-likeness (QED) is 0.797. The van der Waals surface area contributed by atoms with E-state index in [1.165, 1.54) is 14.0 Å². The molecule has 6 nitrogen and oxygen atoms in total. The lowest BCUT2D eigenvalue weighted by molar-refractivity contribution is -0.128. The van der Waals surface area contributed by atoms with Gasteiger partial charge in [0, 0.05) is 19.2 Å². The Bertz CT molecular complexity index is 838. The zero-order valence-electron chi connectivity index (χ0n) is 15.3. The smallest absolute Gasteiger partial charge is 0.233 e. The molecule has 1 atom stereocenters. The zero-order chi connectivity index (χ0) is 19.4. The summed E-state index contributed by atoms with van der Waals surface area (Å²) in [6.07, 6.45) is 0.670. The molecule has 0 aromatic heterocycles. The molecule has 0 aliphatic carbocycles. The van der Waals surface area contributed by atoms with Crippen LogP contribution in [0.5, 0.6) is 11.5 Å². The van der Waals surface area contributed by atoms with Gasteiger partial charge in [-0.15, -0.1) is 11.8 Å². The van der Waals surface area contributed by atoms with Gasteiger partial charge in [0.2, 0.25) is 11.8 Å². The number of thioether (sulfide) groups is 1. The number of benzene rings is 2. The van der Waals surface area contributed by atoms with E-state index in [2.05, 4.69) is 5.32 Å². The molecule has 1 aliphatic heterocycles. The van der Waals surface area contributed by atoms with Crippen molar-refractivity contribution in [3.63, 3.8) is 0 Å². The van der Waals surface area contributed by atoms with Gasteiger partial charge in [-0.2, -0.15) is 0 Å². The molecule has 0 bridgehead atoms. The van der Waals surface area contributed by atoms with Crippen molar-refractivity contribution in [3.8, 4) is 11.5 Å². The second-order valence-electron chi connectivity index (χ2n) is 6.31. The van der Waals surface area contributed by atoms with E-state index >= 15 is 0 Å². The van der Waals surface area contributed by atoms with Crippen LogP contribution in [0.4, 0.5) is 5.69 Å². The summed E-state index contributed by atoms with van der Waals surface area (Å²) in [6, 6.07) is 12.8. The van der Waals surface area contributed by atoms with Crippen LogP contribution in [0.3, 0.4) is 0 Å². The maximum absolute atomic E-state index is 12.4. The van der Waals surface area contributed by atoms with Crippen molar-refractivity contribution >= 4 is 29.3 Å². The second-order valence-corrected chi connectivity index (χ2v) is 7.38. The molecule has 2 N–H and O–H groups in total. The molecule has 1 unspecified atom stereocenters. The van der Waals surface area contributed by atoms with E-state index in [0.717, 1.165) is 16.8 Å². The third-order valence-corrected chi connectivity index (χ3v) is 5.63. The van der Waals surface area contributed by atoms with E-state index in [1.54, 1.807) is 23.9 Å². The van der Waals surface area contributed by atoms with Crippen LogP contribution in [-0.2, 0) is 16.0 Å². The molecule has 142 valence electrons. The fourth-order valence-corrected chi connectivity index (χ4v) is 4.25. The van der Waals surface area contributed by atoms with Gasteiger partial charge in [0.15, 0.2) is 11.5 Å². The van der Waals surface area contributed by atoms with E-state index in [0.29, 0.717) is 24.5 Å². The average molecular weight is 386 g/mol. The topological polar surface area (TPSA) is 78.9 Å². The molecule has 2 aromatic rings. The Hall–Kier alpha value is -2.67. The molecule has 27 heavy (non-hydrogen) atoms. The number of phenols is 1. The van der Waals surface area contributed by atoms with Crippen molar-refractivity contribution in [2.75, 3.05) is 24.7 Å². The third-order valence-electron chi connectivity index (χ3n) is 4.37. The van der Waals surface area contributed by atoms with E-state index in [9.17, 15) is 14.7 Å². The van der Waals surface area contributed by atoms with Crippen LogP contribution >= 0.6 is 11.8 Å². The molecular weight excluding hydrogens is 364 g/mol. The summed E-state index contributed by atoms with van der Waals surface area (Å²) < 4.78 is 5.14. The fraction of sp³-hybridized carbons (Fsp3) is 0.300. The van der Waals surface area contributed by atoms with Gasteiger partial charge in [-0.25, -0.2) is 0 Å². The van der Waals surface area contributed by atoms with Crippen molar-refractivity contribution in [2.45, 2.75) is 18.7 Å². The summed E-state index contributed by atoms with van der Waals surface area (Å²) in [5, 5.41) is 12.4. The fourth-order valence-electron chi connectivity index (χ4n) is 3.03. The minimum absolute atomic E-state index is 0.0390. The number of carbonyl (C=O) groups is 2. The molecule has 1 heterocycles. The van der Waals surface area contributed by atoms with Crippen molar-refractivity contribution in [3.05, 3.63) is 53.6 Å². The second kappa shape index (κ2) is 8.35. The van der Waals surface area contributed by atoms with Crippen molar-refractivity contribution in [2.24, 2.45) is 0 Å². The Morgan fingerprint density at radius 1 is 1.30 bits per heavy atom. The molecule has 0 spiro atoms. The van der Waals surface area contributed by atoms with Gasteiger partial charge in [-0.05, 0) is 41.8 Å².